The standard InChI is InChI=1S/C35H43N3O5S/c1-7-17-36-34(40)35(4,5)22-25-13-16-30-29(19-25)28(23-38(30)18-8-2)20-26-14-15-27(21-31(26)43-6)33(39)37-44(41,42)32-12-10-9-11-24(32)3/h9-16,19,21,23H,7-8,17-18,20,22H2,1-6H3,(H,36,40)(H,37,39). The number of fused-ring (bicyclic) bond motifs is 1. The minimum Gasteiger partial charge on any atom is -0.496 e. The van der Waals surface area contributed by atoms with Gasteiger partial charge in [-0.1, -0.05) is 58.0 Å². The number of aryl methyl sites for hydroxylation is 2. The van der Waals surface area contributed by atoms with Crippen LogP contribution in [0.5, 0.6) is 5.75 Å². The molecule has 0 spiro atoms. The van der Waals surface area contributed by atoms with Crippen LogP contribution in [0.25, 0.3) is 10.9 Å². The number of ether oxygens (including phenoxy) is 1. The zero-order chi connectivity index (χ0) is 32.1. The lowest BCUT2D eigenvalue weighted by Crippen LogP contribution is -2.38. The molecule has 8 nitrogen and oxygen atoms in total. The van der Waals surface area contributed by atoms with E-state index in [1.54, 1.807) is 37.3 Å². The third kappa shape index (κ3) is 7.33. The molecule has 0 radical (unpaired) electrons. The van der Waals surface area contributed by atoms with Crippen molar-refractivity contribution in [2.75, 3.05) is 13.7 Å². The number of methoxy groups -OCH3 is 1. The molecule has 0 saturated carbocycles. The molecule has 3 aromatic carbocycles. The van der Waals surface area contributed by atoms with Gasteiger partial charge >= 0.3 is 0 Å². The van der Waals surface area contributed by atoms with Crippen LogP contribution < -0.4 is 14.8 Å². The molecule has 4 aromatic rings. The van der Waals surface area contributed by atoms with Crippen LogP contribution in [0.2, 0.25) is 0 Å². The maximum atomic E-state index is 13.0. The fourth-order valence-electron chi connectivity index (χ4n) is 5.49. The minimum absolute atomic E-state index is 0.0452. The Kier molecular flexibility index (Phi) is 10.2. The zero-order valence-electron chi connectivity index (χ0n) is 26.5. The highest BCUT2D eigenvalue weighted by atomic mass is 32.2. The van der Waals surface area contributed by atoms with E-state index in [4.69, 9.17) is 4.74 Å². The summed E-state index contributed by atoms with van der Waals surface area (Å²) in [6.07, 6.45) is 5.18. The highest BCUT2D eigenvalue weighted by Crippen LogP contribution is 2.31. The summed E-state index contributed by atoms with van der Waals surface area (Å²) in [7, 11) is -2.50. The van der Waals surface area contributed by atoms with Gasteiger partial charge in [-0.2, -0.15) is 0 Å². The lowest BCUT2D eigenvalue weighted by Gasteiger charge is -2.23. The van der Waals surface area contributed by atoms with Crippen molar-refractivity contribution in [3.05, 3.63) is 94.7 Å². The van der Waals surface area contributed by atoms with E-state index in [-0.39, 0.29) is 16.4 Å². The molecule has 9 heteroatoms. The number of carbonyl (C=O) groups excluding carboxylic acids is 2. The summed E-state index contributed by atoms with van der Waals surface area (Å²) < 4.78 is 35.9. The van der Waals surface area contributed by atoms with E-state index in [9.17, 15) is 18.0 Å². The molecule has 4 rings (SSSR count). The first-order valence-electron chi connectivity index (χ1n) is 15.1. The van der Waals surface area contributed by atoms with Crippen LogP contribution in [0.1, 0.15) is 73.1 Å². The van der Waals surface area contributed by atoms with Gasteiger partial charge in [-0.25, -0.2) is 13.1 Å². The Hall–Kier alpha value is -4.11. The van der Waals surface area contributed by atoms with Crippen molar-refractivity contribution < 1.29 is 22.7 Å². The second-order valence-corrected chi connectivity index (χ2v) is 13.6. The summed E-state index contributed by atoms with van der Waals surface area (Å²) in [6, 6.07) is 17.9. The molecule has 0 aliphatic carbocycles. The first-order chi connectivity index (χ1) is 20.9. The van der Waals surface area contributed by atoms with Gasteiger partial charge in [-0.3, -0.25) is 9.59 Å². The van der Waals surface area contributed by atoms with Crippen molar-refractivity contribution in [3.8, 4) is 5.75 Å². The van der Waals surface area contributed by atoms with Crippen LogP contribution in [0, 0.1) is 12.3 Å². The van der Waals surface area contributed by atoms with Crippen LogP contribution in [0.3, 0.4) is 0 Å². The molecule has 0 fully saturated rings. The van der Waals surface area contributed by atoms with Gasteiger partial charge in [0.25, 0.3) is 15.9 Å². The number of amides is 2. The van der Waals surface area contributed by atoms with Crippen LogP contribution in [-0.4, -0.2) is 38.5 Å². The van der Waals surface area contributed by atoms with Gasteiger partial charge in [-0.15, -0.1) is 0 Å². The number of nitrogens with one attached hydrogen (secondary N) is 2. The van der Waals surface area contributed by atoms with Gasteiger partial charge in [0.05, 0.1) is 12.0 Å². The summed E-state index contributed by atoms with van der Waals surface area (Å²) in [4.78, 5) is 25.9. The monoisotopic (exact) mass is 617 g/mol. The second kappa shape index (κ2) is 13.7. The molecule has 1 heterocycles. The molecule has 0 atom stereocenters. The number of rotatable bonds is 13. The van der Waals surface area contributed by atoms with Gasteiger partial charge in [0.15, 0.2) is 0 Å². The average Bonchev–Trinajstić information content (AvgIpc) is 3.31. The first kappa shape index (κ1) is 32.8. The predicted molar refractivity (Wildman–Crippen MR) is 175 cm³/mol. The summed E-state index contributed by atoms with van der Waals surface area (Å²) in [6.45, 7) is 11.3. The van der Waals surface area contributed by atoms with Crippen molar-refractivity contribution in [2.24, 2.45) is 5.41 Å². The second-order valence-electron chi connectivity index (χ2n) is 11.9. The number of benzene rings is 3. The number of sulfonamides is 1. The summed E-state index contributed by atoms with van der Waals surface area (Å²) in [5.74, 6) is -0.191. The van der Waals surface area contributed by atoms with E-state index in [2.05, 4.69) is 45.9 Å². The Morgan fingerprint density at radius 3 is 2.39 bits per heavy atom. The average molecular weight is 618 g/mol. The van der Waals surface area contributed by atoms with E-state index in [0.717, 1.165) is 47.0 Å². The zero-order valence-corrected chi connectivity index (χ0v) is 27.3. The van der Waals surface area contributed by atoms with Gasteiger partial charge in [-0.05, 0) is 78.8 Å². The maximum absolute atomic E-state index is 13.0. The third-order valence-electron chi connectivity index (χ3n) is 7.83. The predicted octanol–water partition coefficient (Wildman–Crippen LogP) is 6.17. The molecule has 2 amide bonds. The van der Waals surface area contributed by atoms with E-state index in [1.807, 2.05) is 26.8 Å². The van der Waals surface area contributed by atoms with Crippen molar-refractivity contribution in [1.29, 1.82) is 0 Å². The minimum atomic E-state index is -4.04. The number of nitrogens with zero attached hydrogens (tertiary/aromatic N) is 1. The van der Waals surface area contributed by atoms with Crippen molar-refractivity contribution in [1.82, 2.24) is 14.6 Å². The van der Waals surface area contributed by atoms with E-state index >= 15 is 0 Å². The summed E-state index contributed by atoms with van der Waals surface area (Å²) >= 11 is 0. The number of carbonyl (C=O) groups is 2. The molecule has 234 valence electrons. The Morgan fingerprint density at radius 1 is 0.955 bits per heavy atom. The molecule has 1 aromatic heterocycles. The largest absolute Gasteiger partial charge is 0.496 e. The fraction of sp³-hybridized carbons (Fsp3) is 0.371. The van der Waals surface area contributed by atoms with Gasteiger partial charge in [0.1, 0.15) is 5.75 Å². The van der Waals surface area contributed by atoms with Gasteiger partial charge in [0.2, 0.25) is 5.91 Å². The molecule has 44 heavy (non-hydrogen) atoms. The van der Waals surface area contributed by atoms with Crippen LogP contribution in [-0.2, 0) is 34.2 Å². The lowest BCUT2D eigenvalue weighted by molar-refractivity contribution is -0.129. The molecule has 0 aliphatic heterocycles. The fourth-order valence-corrected chi connectivity index (χ4v) is 6.72. The smallest absolute Gasteiger partial charge is 0.265 e. The topological polar surface area (TPSA) is 106 Å². The Bertz CT molecular complexity index is 1770. The number of aromatic nitrogens is 1. The quantitative estimate of drug-likeness (QED) is 0.187. The maximum Gasteiger partial charge on any atom is 0.265 e. The molecular weight excluding hydrogens is 574 g/mol. The lowest BCUT2D eigenvalue weighted by atomic mass is 9.84. The third-order valence-corrected chi connectivity index (χ3v) is 9.32. The SMILES string of the molecule is CCCNC(=O)C(C)(C)Cc1ccc2c(c1)c(Cc1ccc(C(=O)NS(=O)(=O)c3ccccc3C)cc1OC)cn2CCC. The summed E-state index contributed by atoms with van der Waals surface area (Å²) in [5.41, 5.74) is 4.35. The van der Waals surface area contributed by atoms with E-state index < -0.39 is 21.3 Å². The molecule has 0 unspecified atom stereocenters. The molecular formula is C35H43N3O5S. The van der Waals surface area contributed by atoms with Crippen molar-refractivity contribution in [2.45, 2.75) is 71.7 Å². The Labute approximate surface area is 260 Å². The number of hydrogen-bond donors (Lipinski definition) is 2. The Balaban J connectivity index is 1.63. The van der Waals surface area contributed by atoms with Gasteiger partial charge < -0.3 is 14.6 Å². The highest BCUT2D eigenvalue weighted by Gasteiger charge is 2.28. The van der Waals surface area contributed by atoms with Crippen LogP contribution >= 0.6 is 0 Å². The molecule has 2 N–H and O–H groups in total. The van der Waals surface area contributed by atoms with Crippen LogP contribution in [0.15, 0.2) is 71.8 Å². The van der Waals surface area contributed by atoms with E-state index in [0.29, 0.717) is 30.7 Å². The molecule has 0 saturated heterocycles. The summed E-state index contributed by atoms with van der Waals surface area (Å²) in [5, 5.41) is 4.13. The number of hydrogen-bond acceptors (Lipinski definition) is 5. The van der Waals surface area contributed by atoms with Crippen molar-refractivity contribution >= 4 is 32.7 Å². The van der Waals surface area contributed by atoms with Crippen LogP contribution in [0.4, 0.5) is 0 Å². The normalized spacial score (nSPS) is 11.9. The first-order valence-corrected chi connectivity index (χ1v) is 16.6. The Morgan fingerprint density at radius 2 is 1.70 bits per heavy atom. The molecule has 0 bridgehead atoms. The van der Waals surface area contributed by atoms with E-state index in [1.165, 1.54) is 13.2 Å². The highest BCUT2D eigenvalue weighted by molar-refractivity contribution is 7.90. The van der Waals surface area contributed by atoms with Gasteiger partial charge in [0, 0.05) is 47.6 Å². The molecule has 0 aliphatic rings. The van der Waals surface area contributed by atoms with Crippen molar-refractivity contribution in [3.63, 3.8) is 0 Å².